The molecule has 1 saturated carbocycles. The summed E-state index contributed by atoms with van der Waals surface area (Å²) >= 11 is 0. The van der Waals surface area contributed by atoms with Gasteiger partial charge in [-0.1, -0.05) is 63.3 Å². The van der Waals surface area contributed by atoms with Crippen molar-refractivity contribution in [3.8, 4) is 0 Å². The maximum Gasteiger partial charge on any atom is 0.184 e. The molecular formula is C19H28O2. The molecule has 0 radical (unpaired) electrons. The third-order valence-corrected chi connectivity index (χ3v) is 5.23. The Hall–Kier alpha value is -0.860. The van der Waals surface area contributed by atoms with Crippen molar-refractivity contribution >= 4 is 0 Å². The predicted molar refractivity (Wildman–Crippen MR) is 85.1 cm³/mol. The fraction of sp³-hybridized carbons (Fsp3) is 0.684. The van der Waals surface area contributed by atoms with Gasteiger partial charge in [-0.2, -0.15) is 0 Å². The van der Waals surface area contributed by atoms with Crippen LogP contribution < -0.4 is 0 Å². The molecule has 0 aromatic heterocycles. The van der Waals surface area contributed by atoms with Crippen molar-refractivity contribution in [2.45, 2.75) is 58.2 Å². The van der Waals surface area contributed by atoms with E-state index in [-0.39, 0.29) is 6.29 Å². The highest BCUT2D eigenvalue weighted by atomic mass is 16.7. The Balaban J connectivity index is 1.50. The van der Waals surface area contributed by atoms with E-state index in [0.29, 0.717) is 0 Å². The zero-order chi connectivity index (χ0) is 14.5. The van der Waals surface area contributed by atoms with Crippen LogP contribution in [0.5, 0.6) is 0 Å². The smallest absolute Gasteiger partial charge is 0.184 e. The van der Waals surface area contributed by atoms with Crippen molar-refractivity contribution in [1.29, 1.82) is 0 Å². The maximum atomic E-state index is 5.59. The number of benzene rings is 1. The van der Waals surface area contributed by atoms with E-state index >= 15 is 0 Å². The van der Waals surface area contributed by atoms with Gasteiger partial charge in [-0.15, -0.1) is 0 Å². The molecule has 0 spiro atoms. The van der Waals surface area contributed by atoms with Crippen molar-refractivity contribution in [2.24, 2.45) is 11.8 Å². The molecule has 1 saturated heterocycles. The number of hydrogen-bond acceptors (Lipinski definition) is 2. The van der Waals surface area contributed by atoms with Crippen LogP contribution in [0, 0.1) is 11.8 Å². The Labute approximate surface area is 128 Å². The predicted octanol–water partition coefficient (Wildman–Crippen LogP) is 4.88. The first kappa shape index (κ1) is 15.1. The van der Waals surface area contributed by atoms with Gasteiger partial charge >= 0.3 is 0 Å². The Bertz CT molecular complexity index is 429. The largest absolute Gasteiger partial charge is 0.346 e. The van der Waals surface area contributed by atoms with Gasteiger partial charge in [0.25, 0.3) is 0 Å². The summed E-state index contributed by atoms with van der Waals surface area (Å²) in [6.07, 6.45) is 9.55. The minimum Gasteiger partial charge on any atom is -0.346 e. The molecule has 2 fully saturated rings. The maximum absolute atomic E-state index is 5.59. The van der Waals surface area contributed by atoms with Crippen LogP contribution in [0.25, 0.3) is 0 Å². The topological polar surface area (TPSA) is 18.5 Å². The SMILES string of the molecule is CCC1CCC(CCc2cccc(C3OCCO3)c2)CC1. The fourth-order valence-corrected chi connectivity index (χ4v) is 3.75. The molecule has 1 aliphatic heterocycles. The van der Waals surface area contributed by atoms with Gasteiger partial charge in [-0.05, 0) is 30.2 Å². The second-order valence-electron chi connectivity index (χ2n) is 6.65. The molecule has 2 nitrogen and oxygen atoms in total. The van der Waals surface area contributed by atoms with E-state index in [1.54, 1.807) is 0 Å². The van der Waals surface area contributed by atoms with Crippen LogP contribution in [0.2, 0.25) is 0 Å². The molecule has 1 aromatic carbocycles. The van der Waals surface area contributed by atoms with Crippen molar-refractivity contribution in [2.75, 3.05) is 13.2 Å². The van der Waals surface area contributed by atoms with E-state index in [0.717, 1.165) is 25.0 Å². The van der Waals surface area contributed by atoms with Gasteiger partial charge in [0, 0.05) is 5.56 Å². The van der Waals surface area contributed by atoms with Crippen LogP contribution in [0.15, 0.2) is 24.3 Å². The van der Waals surface area contributed by atoms with Crippen LogP contribution in [0.1, 0.15) is 62.9 Å². The van der Waals surface area contributed by atoms with Crippen LogP contribution in [-0.4, -0.2) is 13.2 Å². The summed E-state index contributed by atoms with van der Waals surface area (Å²) in [5.41, 5.74) is 2.61. The lowest BCUT2D eigenvalue weighted by molar-refractivity contribution is -0.0441. The summed E-state index contributed by atoms with van der Waals surface area (Å²) in [6.45, 7) is 3.77. The Morgan fingerprint density at radius 3 is 2.43 bits per heavy atom. The second kappa shape index (κ2) is 7.42. The summed E-state index contributed by atoms with van der Waals surface area (Å²) in [5.74, 6) is 1.94. The van der Waals surface area contributed by atoms with E-state index in [9.17, 15) is 0 Å². The zero-order valence-corrected chi connectivity index (χ0v) is 13.2. The number of ether oxygens (including phenoxy) is 2. The molecule has 1 aliphatic carbocycles. The normalized spacial score (nSPS) is 27.1. The molecule has 1 aromatic rings. The Morgan fingerprint density at radius 2 is 1.71 bits per heavy atom. The van der Waals surface area contributed by atoms with Crippen molar-refractivity contribution < 1.29 is 9.47 Å². The highest BCUT2D eigenvalue weighted by Gasteiger charge is 2.20. The van der Waals surface area contributed by atoms with Gasteiger partial charge in [-0.3, -0.25) is 0 Å². The first-order valence-electron chi connectivity index (χ1n) is 8.67. The van der Waals surface area contributed by atoms with E-state index in [2.05, 4.69) is 31.2 Å². The number of hydrogen-bond donors (Lipinski definition) is 0. The molecule has 0 atom stereocenters. The van der Waals surface area contributed by atoms with Crippen molar-refractivity contribution in [3.63, 3.8) is 0 Å². The lowest BCUT2D eigenvalue weighted by Crippen LogP contribution is -2.14. The van der Waals surface area contributed by atoms with Gasteiger partial charge in [0.2, 0.25) is 0 Å². The molecule has 2 heteroatoms. The summed E-state index contributed by atoms with van der Waals surface area (Å²) in [6, 6.07) is 8.78. The fourth-order valence-electron chi connectivity index (χ4n) is 3.75. The lowest BCUT2D eigenvalue weighted by Gasteiger charge is -2.27. The van der Waals surface area contributed by atoms with Crippen LogP contribution in [0.3, 0.4) is 0 Å². The van der Waals surface area contributed by atoms with Gasteiger partial charge in [0.15, 0.2) is 6.29 Å². The molecule has 21 heavy (non-hydrogen) atoms. The third kappa shape index (κ3) is 4.08. The number of aryl methyl sites for hydroxylation is 1. The van der Waals surface area contributed by atoms with E-state index in [1.165, 1.54) is 56.1 Å². The van der Waals surface area contributed by atoms with Gasteiger partial charge in [0.05, 0.1) is 13.2 Å². The van der Waals surface area contributed by atoms with Gasteiger partial charge in [0.1, 0.15) is 0 Å². The Morgan fingerprint density at radius 1 is 1.00 bits per heavy atom. The monoisotopic (exact) mass is 288 g/mol. The molecule has 1 heterocycles. The molecule has 0 bridgehead atoms. The molecule has 116 valence electrons. The van der Waals surface area contributed by atoms with Crippen LogP contribution in [-0.2, 0) is 15.9 Å². The molecule has 2 aliphatic rings. The summed E-state index contributed by atoms with van der Waals surface area (Å²) in [4.78, 5) is 0. The average Bonchev–Trinajstić information content (AvgIpc) is 3.08. The van der Waals surface area contributed by atoms with E-state index in [4.69, 9.17) is 9.47 Å². The average molecular weight is 288 g/mol. The first-order chi connectivity index (χ1) is 10.3. The standard InChI is InChI=1S/C19H28O2/c1-2-15-6-8-16(9-7-15)10-11-17-4-3-5-18(14-17)19-20-12-13-21-19/h3-5,14-16,19H,2,6-13H2,1H3. The highest BCUT2D eigenvalue weighted by Crippen LogP contribution is 2.33. The summed E-state index contributed by atoms with van der Waals surface area (Å²) < 4.78 is 11.2. The van der Waals surface area contributed by atoms with Crippen LogP contribution >= 0.6 is 0 Å². The Kier molecular flexibility index (Phi) is 5.32. The number of rotatable bonds is 5. The minimum absolute atomic E-state index is 0.134. The van der Waals surface area contributed by atoms with Crippen LogP contribution in [0.4, 0.5) is 0 Å². The first-order valence-corrected chi connectivity index (χ1v) is 8.67. The van der Waals surface area contributed by atoms with E-state index in [1.807, 2.05) is 0 Å². The van der Waals surface area contributed by atoms with E-state index < -0.39 is 0 Å². The van der Waals surface area contributed by atoms with Gasteiger partial charge < -0.3 is 9.47 Å². The lowest BCUT2D eigenvalue weighted by atomic mass is 9.78. The quantitative estimate of drug-likeness (QED) is 0.768. The van der Waals surface area contributed by atoms with Crippen molar-refractivity contribution in [1.82, 2.24) is 0 Å². The third-order valence-electron chi connectivity index (χ3n) is 5.23. The summed E-state index contributed by atoms with van der Waals surface area (Å²) in [7, 11) is 0. The minimum atomic E-state index is -0.134. The summed E-state index contributed by atoms with van der Waals surface area (Å²) in [5, 5.41) is 0. The molecule has 0 unspecified atom stereocenters. The van der Waals surface area contributed by atoms with Crippen molar-refractivity contribution in [3.05, 3.63) is 35.4 Å². The molecule has 0 amide bonds. The molecule has 0 N–H and O–H groups in total. The molecule has 3 rings (SSSR count). The zero-order valence-electron chi connectivity index (χ0n) is 13.2. The second-order valence-corrected chi connectivity index (χ2v) is 6.65. The highest BCUT2D eigenvalue weighted by molar-refractivity contribution is 5.24. The van der Waals surface area contributed by atoms with Gasteiger partial charge in [-0.25, -0.2) is 0 Å². The molecular weight excluding hydrogens is 260 g/mol.